The van der Waals surface area contributed by atoms with Crippen molar-refractivity contribution >= 4 is 5.78 Å². The molecule has 0 aliphatic carbocycles. The lowest BCUT2D eigenvalue weighted by Crippen LogP contribution is -2.09. The molecular weight excluding hydrogens is 267 g/mol. The molecule has 6 heteroatoms. The number of rotatable bonds is 2. The van der Waals surface area contributed by atoms with Crippen LogP contribution in [0.1, 0.15) is 15.9 Å². The van der Waals surface area contributed by atoms with E-state index in [2.05, 4.69) is 0 Å². The van der Waals surface area contributed by atoms with Crippen molar-refractivity contribution < 1.29 is 26.7 Å². The van der Waals surface area contributed by atoms with Gasteiger partial charge in [0.15, 0.2) is 17.4 Å². The van der Waals surface area contributed by atoms with Gasteiger partial charge in [-0.2, -0.15) is 0 Å². The van der Waals surface area contributed by atoms with Crippen LogP contribution in [0.2, 0.25) is 0 Å². The van der Waals surface area contributed by atoms with Gasteiger partial charge in [-0.1, -0.05) is 0 Å². The van der Waals surface area contributed by atoms with Gasteiger partial charge in [0.05, 0.1) is 5.56 Å². The summed E-state index contributed by atoms with van der Waals surface area (Å²) >= 11 is 0. The molecule has 0 N–H and O–H groups in total. The molecule has 0 atom stereocenters. The molecule has 0 saturated heterocycles. The average Bonchev–Trinajstić information content (AvgIpc) is 2.31. The number of ketones is 1. The third-order valence-electron chi connectivity index (χ3n) is 2.42. The number of hydrogen-bond acceptors (Lipinski definition) is 1. The highest BCUT2D eigenvalue weighted by molar-refractivity contribution is 6.09. The predicted molar refractivity (Wildman–Crippen MR) is 56.1 cm³/mol. The summed E-state index contributed by atoms with van der Waals surface area (Å²) in [5, 5.41) is 0. The van der Waals surface area contributed by atoms with E-state index in [1.165, 1.54) is 0 Å². The summed E-state index contributed by atoms with van der Waals surface area (Å²) in [5.41, 5.74) is -1.46. The summed E-state index contributed by atoms with van der Waals surface area (Å²) in [6.07, 6.45) is 0. The molecule has 1 nitrogen and oxygen atoms in total. The van der Waals surface area contributed by atoms with Crippen LogP contribution in [0.25, 0.3) is 0 Å². The summed E-state index contributed by atoms with van der Waals surface area (Å²) in [6, 6.07) is 2.71. The molecule has 19 heavy (non-hydrogen) atoms. The van der Waals surface area contributed by atoms with Crippen molar-refractivity contribution in [2.24, 2.45) is 0 Å². The molecule has 0 spiro atoms. The Morgan fingerprint density at radius 2 is 1.32 bits per heavy atom. The zero-order valence-corrected chi connectivity index (χ0v) is 9.18. The molecule has 2 rings (SSSR count). The van der Waals surface area contributed by atoms with E-state index >= 15 is 0 Å². The second-order valence-corrected chi connectivity index (χ2v) is 3.70. The molecule has 0 radical (unpaired) electrons. The van der Waals surface area contributed by atoms with Crippen LogP contribution < -0.4 is 0 Å². The fourth-order valence-electron chi connectivity index (χ4n) is 1.54. The van der Waals surface area contributed by atoms with Crippen molar-refractivity contribution in [3.05, 3.63) is 70.5 Å². The van der Waals surface area contributed by atoms with Crippen molar-refractivity contribution in [2.45, 2.75) is 0 Å². The van der Waals surface area contributed by atoms with Gasteiger partial charge in [0, 0.05) is 17.7 Å². The SMILES string of the molecule is O=C(c1ccc(F)c(F)c1)c1c(F)cc(F)cc1F. The minimum Gasteiger partial charge on any atom is -0.288 e. The largest absolute Gasteiger partial charge is 0.288 e. The number of benzene rings is 2. The maximum absolute atomic E-state index is 13.4. The Morgan fingerprint density at radius 1 is 0.737 bits per heavy atom. The fourth-order valence-corrected chi connectivity index (χ4v) is 1.54. The van der Waals surface area contributed by atoms with Gasteiger partial charge in [0.2, 0.25) is 0 Å². The second-order valence-electron chi connectivity index (χ2n) is 3.70. The monoisotopic (exact) mass is 272 g/mol. The normalized spacial score (nSPS) is 10.6. The van der Waals surface area contributed by atoms with Crippen LogP contribution in [-0.4, -0.2) is 5.78 Å². The van der Waals surface area contributed by atoms with Gasteiger partial charge in [0.25, 0.3) is 0 Å². The number of hydrogen-bond donors (Lipinski definition) is 0. The third-order valence-corrected chi connectivity index (χ3v) is 2.42. The van der Waals surface area contributed by atoms with Crippen LogP contribution in [-0.2, 0) is 0 Å². The lowest BCUT2D eigenvalue weighted by Gasteiger charge is -2.05. The first-order chi connectivity index (χ1) is 8.90. The minimum atomic E-state index is -1.41. The van der Waals surface area contributed by atoms with E-state index in [0.29, 0.717) is 24.3 Å². The zero-order chi connectivity index (χ0) is 14.2. The van der Waals surface area contributed by atoms with E-state index in [1.54, 1.807) is 0 Å². The van der Waals surface area contributed by atoms with E-state index in [-0.39, 0.29) is 0 Å². The van der Waals surface area contributed by atoms with Crippen LogP contribution in [0.3, 0.4) is 0 Å². The molecule has 0 amide bonds. The van der Waals surface area contributed by atoms with Gasteiger partial charge in [-0.05, 0) is 18.2 Å². The highest BCUT2D eigenvalue weighted by atomic mass is 19.2. The van der Waals surface area contributed by atoms with E-state index in [1.807, 2.05) is 0 Å². The van der Waals surface area contributed by atoms with Crippen LogP contribution in [0.5, 0.6) is 0 Å². The quantitative estimate of drug-likeness (QED) is 0.603. The van der Waals surface area contributed by atoms with Crippen molar-refractivity contribution in [3.8, 4) is 0 Å². The fraction of sp³-hybridized carbons (Fsp3) is 0. The Bertz CT molecular complexity index is 643. The summed E-state index contributed by atoms with van der Waals surface area (Å²) < 4.78 is 65.0. The molecule has 98 valence electrons. The summed E-state index contributed by atoms with van der Waals surface area (Å²) in [7, 11) is 0. The van der Waals surface area contributed by atoms with Crippen molar-refractivity contribution in [2.75, 3.05) is 0 Å². The van der Waals surface area contributed by atoms with Crippen molar-refractivity contribution in [1.82, 2.24) is 0 Å². The van der Waals surface area contributed by atoms with E-state index in [0.717, 1.165) is 6.07 Å². The smallest absolute Gasteiger partial charge is 0.199 e. The first-order valence-corrected chi connectivity index (χ1v) is 5.04. The van der Waals surface area contributed by atoms with Gasteiger partial charge in [-0.25, -0.2) is 22.0 Å². The first-order valence-electron chi connectivity index (χ1n) is 5.04. The molecule has 0 unspecified atom stereocenters. The lowest BCUT2D eigenvalue weighted by molar-refractivity contribution is 0.103. The number of carbonyl (C=O) groups excluding carboxylic acids is 1. The summed E-state index contributed by atoms with van der Waals surface area (Å²) in [5.74, 6) is -7.73. The first kappa shape index (κ1) is 13.2. The van der Waals surface area contributed by atoms with Gasteiger partial charge < -0.3 is 0 Å². The Kier molecular flexibility index (Phi) is 3.33. The molecule has 0 bridgehead atoms. The third kappa shape index (κ3) is 2.47. The Hall–Kier alpha value is -2.24. The molecule has 0 fully saturated rings. The topological polar surface area (TPSA) is 17.1 Å². The van der Waals surface area contributed by atoms with Crippen LogP contribution in [0.4, 0.5) is 22.0 Å². The standard InChI is InChI=1S/C13H5F5O/c14-7-4-10(17)12(11(18)5-7)13(19)6-1-2-8(15)9(16)3-6/h1-5H. The van der Waals surface area contributed by atoms with Crippen LogP contribution in [0, 0.1) is 29.1 Å². The van der Waals surface area contributed by atoms with Gasteiger partial charge in [-0.3, -0.25) is 4.79 Å². The highest BCUT2D eigenvalue weighted by Gasteiger charge is 2.21. The second kappa shape index (κ2) is 4.79. The van der Waals surface area contributed by atoms with Gasteiger partial charge in [0.1, 0.15) is 17.5 Å². The van der Waals surface area contributed by atoms with E-state index in [4.69, 9.17) is 0 Å². The maximum atomic E-state index is 13.4. The molecular formula is C13H5F5O. The molecule has 0 aliphatic heterocycles. The van der Waals surface area contributed by atoms with Crippen LogP contribution >= 0.6 is 0 Å². The highest BCUT2D eigenvalue weighted by Crippen LogP contribution is 2.20. The van der Waals surface area contributed by atoms with E-state index < -0.39 is 46.0 Å². The molecule has 0 saturated carbocycles. The zero-order valence-electron chi connectivity index (χ0n) is 9.18. The molecule has 0 heterocycles. The average molecular weight is 272 g/mol. The summed E-state index contributed by atoms with van der Waals surface area (Å²) in [6.45, 7) is 0. The van der Waals surface area contributed by atoms with Gasteiger partial charge in [-0.15, -0.1) is 0 Å². The minimum absolute atomic E-state index is 0.330. The van der Waals surface area contributed by atoms with Crippen molar-refractivity contribution in [3.63, 3.8) is 0 Å². The number of carbonyl (C=O) groups is 1. The molecule has 0 aliphatic rings. The molecule has 2 aromatic carbocycles. The van der Waals surface area contributed by atoms with Crippen LogP contribution in [0.15, 0.2) is 30.3 Å². The maximum Gasteiger partial charge on any atom is 0.199 e. The Labute approximate surface area is 104 Å². The molecule has 2 aromatic rings. The lowest BCUT2D eigenvalue weighted by atomic mass is 10.0. The van der Waals surface area contributed by atoms with E-state index in [9.17, 15) is 26.7 Å². The van der Waals surface area contributed by atoms with Crippen molar-refractivity contribution in [1.29, 1.82) is 0 Å². The molecule has 0 aromatic heterocycles. The Balaban J connectivity index is 2.53. The predicted octanol–water partition coefficient (Wildman–Crippen LogP) is 3.61. The Morgan fingerprint density at radius 3 is 1.84 bits per heavy atom. The summed E-state index contributed by atoms with van der Waals surface area (Å²) in [4.78, 5) is 11.8. The number of halogens is 5. The van der Waals surface area contributed by atoms with Gasteiger partial charge >= 0.3 is 0 Å².